The maximum absolute atomic E-state index is 11.9. The van der Waals surface area contributed by atoms with Crippen molar-refractivity contribution in [2.75, 3.05) is 22.1 Å². The molecular weight excluding hydrogens is 1110 g/mol. The van der Waals surface area contributed by atoms with Gasteiger partial charge in [-0.2, -0.15) is 64.9 Å². The first-order chi connectivity index (χ1) is 40.9. The summed E-state index contributed by atoms with van der Waals surface area (Å²) in [7, 11) is 0. The van der Waals surface area contributed by atoms with E-state index in [0.717, 1.165) is 45.8 Å². The van der Waals surface area contributed by atoms with Gasteiger partial charge < -0.3 is 52.7 Å². The van der Waals surface area contributed by atoms with Gasteiger partial charge in [0.25, 0.3) is 17.6 Å². The van der Waals surface area contributed by atoms with Crippen LogP contribution in [0.15, 0.2) is 130 Å². The highest BCUT2D eigenvalue weighted by Crippen LogP contribution is 2.38. The largest absolute Gasteiger partial charge is 0.479 e. The Morgan fingerprint density at radius 2 is 0.976 bits per heavy atom. The Balaban J connectivity index is 1.05. The third kappa shape index (κ3) is 11.7. The molecule has 0 aliphatic heterocycles. The maximum atomic E-state index is 11.9. The van der Waals surface area contributed by atoms with E-state index in [9.17, 15) is 55.1 Å². The smallest absolute Gasteiger partial charge is 0.335 e. The summed E-state index contributed by atoms with van der Waals surface area (Å²) in [6.45, 7) is 7.85. The monoisotopic (exact) mass is 1140 g/mol. The quantitative estimate of drug-likeness (QED) is 0.0269. The summed E-state index contributed by atoms with van der Waals surface area (Å²) in [5.41, 5.74) is 12.8. The first-order valence-electron chi connectivity index (χ1n) is 24.3. The Bertz CT molecular complexity index is 4120. The molecule has 0 aliphatic carbocycles. The number of azo groups is 2. The second-order valence-electron chi connectivity index (χ2n) is 17.5. The minimum atomic E-state index is -1.44. The fourth-order valence-corrected chi connectivity index (χ4v) is 8.12. The number of aromatic nitrogens is 14. The van der Waals surface area contributed by atoms with E-state index in [2.05, 4.69) is 86.2 Å². The number of aromatic carboxylic acids is 4. The number of carboxylic acid groups (broad SMARTS) is 4. The van der Waals surface area contributed by atoms with Crippen LogP contribution in [0.5, 0.6) is 12.0 Å². The lowest BCUT2D eigenvalue weighted by Gasteiger charge is -2.09. The van der Waals surface area contributed by atoms with Gasteiger partial charge in [0.2, 0.25) is 11.9 Å². The van der Waals surface area contributed by atoms with Crippen molar-refractivity contribution >= 4 is 87.5 Å². The van der Waals surface area contributed by atoms with Gasteiger partial charge in [0, 0.05) is 11.4 Å². The molecule has 0 unspecified atom stereocenters. The van der Waals surface area contributed by atoms with Gasteiger partial charge in [-0.3, -0.25) is 0 Å². The zero-order chi connectivity index (χ0) is 60.1. The maximum Gasteiger partial charge on any atom is 0.335 e. The minimum Gasteiger partial charge on any atom is -0.479 e. The number of aryl methyl sites for hydroxylation is 2. The topological polar surface area (TPSA) is 492 Å². The van der Waals surface area contributed by atoms with Crippen molar-refractivity contribution < 1.29 is 49.8 Å². The van der Waals surface area contributed by atoms with Crippen LogP contribution in [0.3, 0.4) is 0 Å². The zero-order valence-electron chi connectivity index (χ0n) is 42.9. The molecule has 420 valence electrons. The van der Waals surface area contributed by atoms with Crippen molar-refractivity contribution in [2.45, 2.75) is 19.3 Å². The first kappa shape index (κ1) is 54.9. The van der Waals surface area contributed by atoms with Crippen molar-refractivity contribution in [3.63, 3.8) is 0 Å². The molecule has 34 heteroatoms. The van der Waals surface area contributed by atoms with Gasteiger partial charge in [-0.25, -0.2) is 33.4 Å². The number of hydrogen-bond donors (Lipinski definition) is 10. The Morgan fingerprint density at radius 3 is 1.39 bits per heavy atom. The molecule has 34 nitrogen and oxygen atoms in total. The molecule has 0 aliphatic rings. The summed E-state index contributed by atoms with van der Waals surface area (Å²) < 4.78 is 4.68. The molecule has 0 bridgehead atoms. The highest BCUT2D eigenvalue weighted by atomic mass is 16.4. The summed E-state index contributed by atoms with van der Waals surface area (Å²) >= 11 is 0. The molecule has 10 rings (SSSR count). The van der Waals surface area contributed by atoms with Crippen LogP contribution in [-0.2, 0) is 12.8 Å². The summed E-state index contributed by atoms with van der Waals surface area (Å²) in [4.78, 5) is 75.4. The number of hydrogen-bond acceptors (Lipinski definition) is 25. The number of anilines is 6. The Kier molecular flexibility index (Phi) is 14.9. The molecule has 6 aromatic heterocycles. The fraction of sp³-hybridized carbons (Fsp3) is 0.0588. The van der Waals surface area contributed by atoms with Gasteiger partial charge in [0.05, 0.1) is 64.0 Å². The molecule has 0 saturated carbocycles. The molecule has 10 aromatic rings. The fourth-order valence-electron chi connectivity index (χ4n) is 8.12. The number of nitrogens with two attached hydrogens (primary N) is 2. The number of aromatic hydroxyl groups is 2. The average molecular weight is 1150 g/mol. The number of nitrogen functional groups attached to an aromatic ring is 2. The van der Waals surface area contributed by atoms with Gasteiger partial charge in [-0.15, -0.1) is 20.5 Å². The van der Waals surface area contributed by atoms with Crippen LogP contribution in [0.25, 0.3) is 28.1 Å². The zero-order valence-corrected chi connectivity index (χ0v) is 42.9. The Morgan fingerprint density at radius 1 is 0.565 bits per heavy atom. The van der Waals surface area contributed by atoms with Crippen LogP contribution in [-0.4, -0.2) is 124 Å². The van der Waals surface area contributed by atoms with E-state index in [1.165, 1.54) is 21.8 Å². The van der Waals surface area contributed by atoms with Crippen LogP contribution in [0.4, 0.5) is 63.6 Å². The molecule has 0 radical (unpaired) electrons. The van der Waals surface area contributed by atoms with Gasteiger partial charge >= 0.3 is 35.9 Å². The summed E-state index contributed by atoms with van der Waals surface area (Å²) in [5.74, 6) is -7.98. The van der Waals surface area contributed by atoms with Crippen LogP contribution >= 0.6 is 0 Å². The van der Waals surface area contributed by atoms with Crippen molar-refractivity contribution in [1.29, 1.82) is 5.26 Å². The van der Waals surface area contributed by atoms with E-state index in [1.54, 1.807) is 60.7 Å². The van der Waals surface area contributed by atoms with E-state index in [0.29, 0.717) is 11.4 Å². The Labute approximate surface area is 473 Å². The van der Waals surface area contributed by atoms with Crippen LogP contribution in [0.1, 0.15) is 64.8 Å². The highest BCUT2D eigenvalue weighted by molar-refractivity contribution is 5.96. The number of benzene rings is 4. The normalized spacial score (nSPS) is 11.2. The SMILES string of the molecule is [C-]#[N+]c1cnn(-c2ccccc2)c1N=Nc1c(CCCc2nn(-c3nc(O)nc(Nc4cc(C(=O)O)cc(C(=O)O)c4)n3)c(N)c2N=Nc2c(C#N)cnn2-c2ccccc2)nn(-c2nc(O)nc(Nc3cc(C(=O)O)cc(C(=O)O)c3)n2)c1N. The second kappa shape index (κ2) is 23.1. The first-order valence-corrected chi connectivity index (χ1v) is 24.3. The molecule has 0 atom stereocenters. The number of nitrogens with zero attached hydrogens (tertiary/aromatic N) is 20. The molecule has 0 spiro atoms. The lowest BCUT2D eigenvalue weighted by atomic mass is 10.1. The lowest BCUT2D eigenvalue weighted by Crippen LogP contribution is -2.10. The van der Waals surface area contributed by atoms with E-state index >= 15 is 0 Å². The molecule has 85 heavy (non-hydrogen) atoms. The summed E-state index contributed by atoms with van der Waals surface area (Å²) in [5, 5.41) is 111. The van der Waals surface area contributed by atoms with Crippen molar-refractivity contribution in [3.05, 3.63) is 160 Å². The predicted octanol–water partition coefficient (Wildman–Crippen LogP) is 7.08. The predicted molar refractivity (Wildman–Crippen MR) is 292 cm³/mol. The molecule has 12 N–H and O–H groups in total. The molecule has 0 saturated heterocycles. The third-order valence-corrected chi connectivity index (χ3v) is 11.9. The number of carboxylic acids is 4. The number of nitrogens with one attached hydrogen (secondary N) is 2. The number of carbonyl (C=O) groups is 4. The van der Waals surface area contributed by atoms with Crippen molar-refractivity contribution in [1.82, 2.24) is 69.0 Å². The summed E-state index contributed by atoms with van der Waals surface area (Å²) in [6.07, 6.45) is 2.53. The van der Waals surface area contributed by atoms with Crippen LogP contribution in [0.2, 0.25) is 0 Å². The van der Waals surface area contributed by atoms with Gasteiger partial charge in [0.1, 0.15) is 11.6 Å². The standard InChI is InChI=1S/C51H36N24O10/c1-55-35-23-57-73(32-11-6-3-7-12-32)41(35)69-67-37-34(71-75(39(37)54)49-61-47(63-51(85)65-49)59-30-19-26(44(80)81)16-27(20-30)45(82)83)14-8-13-33-36(66-68-40-28(21-52)22-56-72(40)31-9-4-2-5-10-31)38(53)74(70-33)48-60-46(62-50(84)64-48)58-29-17-24(42(76)77)15-25(18-29)43(78)79/h2-7,9-12,15-20,22-23H,8,13-14,53-54H2,(H,76,77)(H,78,79)(H,80,81)(H,82,83)(H2,58,60,62,64,84)(H2,59,61,63,65,85). The number of rotatable bonds is 20. The summed E-state index contributed by atoms with van der Waals surface area (Å²) in [6, 6.07) is 24.0. The third-order valence-electron chi connectivity index (χ3n) is 11.9. The molecule has 0 amide bonds. The molecule has 4 aromatic carbocycles. The van der Waals surface area contributed by atoms with E-state index in [1.807, 2.05) is 6.07 Å². The second-order valence-corrected chi connectivity index (χ2v) is 17.5. The molecular formula is C51H36N24O10. The lowest BCUT2D eigenvalue weighted by molar-refractivity contribution is 0.0676. The van der Waals surface area contributed by atoms with Crippen molar-refractivity contribution in [2.24, 2.45) is 20.5 Å². The Hall–Kier alpha value is -13.4. The van der Waals surface area contributed by atoms with Crippen LogP contribution < -0.4 is 22.1 Å². The van der Waals surface area contributed by atoms with Gasteiger partial charge in [-0.05, 0) is 79.9 Å². The van der Waals surface area contributed by atoms with Crippen LogP contribution in [0, 0.1) is 17.9 Å². The molecule has 0 fully saturated rings. The number of nitriles is 1. The van der Waals surface area contributed by atoms with Gasteiger partial charge in [-0.1, -0.05) is 36.4 Å². The van der Waals surface area contributed by atoms with Crippen molar-refractivity contribution in [3.8, 4) is 41.4 Å². The van der Waals surface area contributed by atoms with E-state index in [-0.39, 0.29) is 87.9 Å². The minimum absolute atomic E-state index is 0.00129. The van der Waals surface area contributed by atoms with E-state index in [4.69, 9.17) is 18.0 Å². The highest BCUT2D eigenvalue weighted by Gasteiger charge is 2.25. The number of para-hydroxylation sites is 2. The molecule has 6 heterocycles. The van der Waals surface area contributed by atoms with E-state index < -0.39 is 81.9 Å². The average Bonchev–Trinajstić information content (AvgIpc) is 3.69. The van der Waals surface area contributed by atoms with Gasteiger partial charge in [0.15, 0.2) is 34.6 Å².